The summed E-state index contributed by atoms with van der Waals surface area (Å²) < 4.78 is 2.36. The number of benzene rings is 3. The van der Waals surface area contributed by atoms with Crippen LogP contribution in [0.15, 0.2) is 84.9 Å². The standard InChI is InChI=1S/C32H32N2O/c1-3-5-22-33-28-20-13-12-19-27(28)30(25-17-10-7-11-18-25)31(33)29-21-14-23-34(29)32(35)26(4-2)24-15-8-6-9-16-24/h6-13,15-20,26,29H,4,14,21-23H2,1-2H3. The minimum atomic E-state index is -0.120. The van der Waals surface area contributed by atoms with Crippen LogP contribution in [0.2, 0.25) is 0 Å². The van der Waals surface area contributed by atoms with Crippen LogP contribution in [0.3, 0.4) is 0 Å². The number of hydrogen-bond acceptors (Lipinski definition) is 1. The van der Waals surface area contributed by atoms with E-state index >= 15 is 0 Å². The molecule has 1 fully saturated rings. The molecule has 1 aliphatic rings. The predicted molar refractivity (Wildman–Crippen MR) is 144 cm³/mol. The molecule has 0 radical (unpaired) electrons. The Morgan fingerprint density at radius 2 is 1.66 bits per heavy atom. The van der Waals surface area contributed by atoms with Crippen LogP contribution in [0.5, 0.6) is 0 Å². The van der Waals surface area contributed by atoms with E-state index in [1.807, 2.05) is 25.1 Å². The first-order valence-corrected chi connectivity index (χ1v) is 12.7. The van der Waals surface area contributed by atoms with E-state index in [0.717, 1.165) is 31.4 Å². The second-order valence-corrected chi connectivity index (χ2v) is 9.22. The smallest absolute Gasteiger partial charge is 0.230 e. The SMILES string of the molecule is CC#CCn1c(C2CCCN2C(=O)C(CC)c2ccccc2)c(-c2ccccc2)c2ccccc21. The summed E-state index contributed by atoms with van der Waals surface area (Å²) in [6.45, 7) is 5.42. The Morgan fingerprint density at radius 3 is 2.37 bits per heavy atom. The van der Waals surface area contributed by atoms with E-state index in [4.69, 9.17) is 0 Å². The van der Waals surface area contributed by atoms with E-state index in [1.54, 1.807) is 0 Å². The Hall–Kier alpha value is -3.77. The maximum Gasteiger partial charge on any atom is 0.230 e. The molecule has 1 aromatic heterocycles. The largest absolute Gasteiger partial charge is 0.334 e. The molecule has 176 valence electrons. The van der Waals surface area contributed by atoms with E-state index in [-0.39, 0.29) is 17.9 Å². The monoisotopic (exact) mass is 460 g/mol. The van der Waals surface area contributed by atoms with Crippen molar-refractivity contribution in [1.29, 1.82) is 0 Å². The van der Waals surface area contributed by atoms with Crippen LogP contribution in [0.25, 0.3) is 22.0 Å². The van der Waals surface area contributed by atoms with E-state index in [9.17, 15) is 4.79 Å². The zero-order valence-electron chi connectivity index (χ0n) is 20.6. The number of likely N-dealkylation sites (tertiary alicyclic amines) is 1. The van der Waals surface area contributed by atoms with Gasteiger partial charge in [0.1, 0.15) is 0 Å². The predicted octanol–water partition coefficient (Wildman–Crippen LogP) is 7.19. The lowest BCUT2D eigenvalue weighted by molar-refractivity contribution is -0.134. The summed E-state index contributed by atoms with van der Waals surface area (Å²) in [5, 5.41) is 1.22. The number of nitrogens with zero attached hydrogens (tertiary/aromatic N) is 2. The van der Waals surface area contributed by atoms with E-state index in [2.05, 4.69) is 95.0 Å². The van der Waals surface area contributed by atoms with Gasteiger partial charge in [-0.05, 0) is 43.4 Å². The van der Waals surface area contributed by atoms with Crippen molar-refractivity contribution in [1.82, 2.24) is 9.47 Å². The highest BCUT2D eigenvalue weighted by molar-refractivity contribution is 5.99. The van der Waals surface area contributed by atoms with Gasteiger partial charge in [0.25, 0.3) is 0 Å². The lowest BCUT2D eigenvalue weighted by Crippen LogP contribution is -2.35. The number of para-hydroxylation sites is 1. The van der Waals surface area contributed by atoms with Gasteiger partial charge in [-0.1, -0.05) is 91.7 Å². The van der Waals surface area contributed by atoms with Gasteiger partial charge in [0.05, 0.1) is 24.2 Å². The Balaban J connectivity index is 1.67. The molecule has 5 rings (SSSR count). The number of carbonyl (C=O) groups is 1. The summed E-state index contributed by atoms with van der Waals surface area (Å²) >= 11 is 0. The second-order valence-electron chi connectivity index (χ2n) is 9.22. The number of hydrogen-bond donors (Lipinski definition) is 0. The number of fused-ring (bicyclic) bond motifs is 1. The van der Waals surface area contributed by atoms with Gasteiger partial charge < -0.3 is 9.47 Å². The first-order valence-electron chi connectivity index (χ1n) is 12.7. The van der Waals surface area contributed by atoms with Crippen molar-refractivity contribution in [3.63, 3.8) is 0 Å². The number of amides is 1. The van der Waals surface area contributed by atoms with Gasteiger partial charge in [0.15, 0.2) is 0 Å². The highest BCUT2D eigenvalue weighted by Crippen LogP contribution is 2.44. The fourth-order valence-electron chi connectivity index (χ4n) is 5.66. The molecule has 2 unspecified atom stereocenters. The molecule has 0 saturated carbocycles. The molecule has 1 amide bonds. The summed E-state index contributed by atoms with van der Waals surface area (Å²) in [5.41, 5.74) is 5.92. The molecule has 1 aliphatic heterocycles. The zero-order chi connectivity index (χ0) is 24.2. The third-order valence-electron chi connectivity index (χ3n) is 7.25. The lowest BCUT2D eigenvalue weighted by Gasteiger charge is -2.30. The molecule has 3 aromatic carbocycles. The Kier molecular flexibility index (Phi) is 6.73. The average molecular weight is 461 g/mol. The maximum absolute atomic E-state index is 14.0. The molecule has 2 heterocycles. The summed E-state index contributed by atoms with van der Waals surface area (Å²) in [7, 11) is 0. The van der Waals surface area contributed by atoms with Gasteiger partial charge in [-0.2, -0.15) is 0 Å². The van der Waals surface area contributed by atoms with Crippen LogP contribution >= 0.6 is 0 Å². The van der Waals surface area contributed by atoms with E-state index in [1.165, 1.54) is 27.7 Å². The Labute approximate surface area is 208 Å². The van der Waals surface area contributed by atoms with Crippen molar-refractivity contribution in [3.8, 4) is 23.0 Å². The van der Waals surface area contributed by atoms with Gasteiger partial charge in [0, 0.05) is 23.0 Å². The van der Waals surface area contributed by atoms with Crippen molar-refractivity contribution in [2.75, 3.05) is 6.54 Å². The van der Waals surface area contributed by atoms with Crippen LogP contribution in [0.4, 0.5) is 0 Å². The normalized spacial score (nSPS) is 16.2. The molecule has 1 saturated heterocycles. The third-order valence-corrected chi connectivity index (χ3v) is 7.25. The summed E-state index contributed by atoms with van der Waals surface area (Å²) in [6.07, 6.45) is 2.77. The topological polar surface area (TPSA) is 25.2 Å². The summed E-state index contributed by atoms with van der Waals surface area (Å²) in [6, 6.07) is 29.5. The molecular formula is C32H32N2O. The van der Waals surface area contributed by atoms with Crippen molar-refractivity contribution < 1.29 is 4.79 Å². The first kappa shape index (κ1) is 23.0. The van der Waals surface area contributed by atoms with Gasteiger partial charge in [0.2, 0.25) is 5.91 Å². The summed E-state index contributed by atoms with van der Waals surface area (Å²) in [4.78, 5) is 16.2. The molecule has 0 bridgehead atoms. The molecule has 4 aromatic rings. The van der Waals surface area contributed by atoms with Crippen molar-refractivity contribution in [2.24, 2.45) is 0 Å². The highest BCUT2D eigenvalue weighted by Gasteiger charge is 2.37. The number of carbonyl (C=O) groups excluding carboxylic acids is 1. The molecule has 0 spiro atoms. The van der Waals surface area contributed by atoms with Gasteiger partial charge in [-0.15, -0.1) is 5.92 Å². The average Bonchev–Trinajstić information content (AvgIpc) is 3.51. The van der Waals surface area contributed by atoms with Crippen molar-refractivity contribution in [2.45, 2.75) is 51.6 Å². The molecule has 2 atom stereocenters. The van der Waals surface area contributed by atoms with Crippen molar-refractivity contribution in [3.05, 3.63) is 96.2 Å². The fourth-order valence-corrected chi connectivity index (χ4v) is 5.66. The second kappa shape index (κ2) is 10.2. The van der Waals surface area contributed by atoms with E-state index < -0.39 is 0 Å². The zero-order valence-corrected chi connectivity index (χ0v) is 20.6. The molecule has 35 heavy (non-hydrogen) atoms. The quantitative estimate of drug-likeness (QED) is 0.280. The maximum atomic E-state index is 14.0. The highest BCUT2D eigenvalue weighted by atomic mass is 16.2. The fraction of sp³-hybridized carbons (Fsp3) is 0.281. The van der Waals surface area contributed by atoms with Crippen LogP contribution in [-0.4, -0.2) is 21.9 Å². The Morgan fingerprint density at radius 1 is 0.971 bits per heavy atom. The van der Waals surface area contributed by atoms with Crippen LogP contribution in [-0.2, 0) is 11.3 Å². The summed E-state index contributed by atoms with van der Waals surface area (Å²) in [5.74, 6) is 6.49. The third kappa shape index (κ3) is 4.26. The van der Waals surface area contributed by atoms with Gasteiger partial charge >= 0.3 is 0 Å². The first-order chi connectivity index (χ1) is 17.2. The molecule has 0 N–H and O–H groups in total. The number of aromatic nitrogens is 1. The molecule has 3 heteroatoms. The molecule has 0 aliphatic carbocycles. The number of rotatable bonds is 6. The van der Waals surface area contributed by atoms with Crippen molar-refractivity contribution >= 4 is 16.8 Å². The Bertz CT molecular complexity index is 1380. The van der Waals surface area contributed by atoms with Gasteiger partial charge in [-0.25, -0.2) is 0 Å². The molecular weight excluding hydrogens is 428 g/mol. The van der Waals surface area contributed by atoms with Crippen LogP contribution in [0, 0.1) is 11.8 Å². The minimum Gasteiger partial charge on any atom is -0.334 e. The van der Waals surface area contributed by atoms with Gasteiger partial charge in [-0.3, -0.25) is 4.79 Å². The van der Waals surface area contributed by atoms with E-state index in [0.29, 0.717) is 6.54 Å². The minimum absolute atomic E-state index is 0.0292. The van der Waals surface area contributed by atoms with Crippen LogP contribution < -0.4 is 0 Å². The molecule has 3 nitrogen and oxygen atoms in total. The van der Waals surface area contributed by atoms with Crippen LogP contribution in [0.1, 0.15) is 56.3 Å². The lowest BCUT2D eigenvalue weighted by atomic mass is 9.93.